The molecule has 0 unspecified atom stereocenters. The molecule has 0 saturated heterocycles. The van der Waals surface area contributed by atoms with Gasteiger partial charge in [0.2, 0.25) is 0 Å². The first-order valence-corrected chi connectivity index (χ1v) is 7.36. The summed E-state index contributed by atoms with van der Waals surface area (Å²) in [6.07, 6.45) is 1.35. The third-order valence-electron chi connectivity index (χ3n) is 3.15. The van der Waals surface area contributed by atoms with E-state index in [1.54, 1.807) is 24.3 Å². The number of amides is 1. The van der Waals surface area contributed by atoms with Crippen LogP contribution in [0.1, 0.15) is 48.4 Å². The zero-order chi connectivity index (χ0) is 16.8. The van der Waals surface area contributed by atoms with Crippen LogP contribution in [0.3, 0.4) is 0 Å². The van der Waals surface area contributed by atoms with Crippen LogP contribution in [-0.2, 0) is 0 Å². The van der Waals surface area contributed by atoms with Gasteiger partial charge in [-0.25, -0.2) is 5.43 Å². The number of nitrogens with one attached hydrogen (secondary N) is 2. The average molecular weight is 316 g/mol. The minimum atomic E-state index is -0.426. The van der Waals surface area contributed by atoms with Crippen molar-refractivity contribution in [2.45, 2.75) is 26.7 Å². The number of hydrazone groups is 1. The summed E-state index contributed by atoms with van der Waals surface area (Å²) in [5.74, 6) is 0.182. The topological polar surface area (TPSA) is 99.6 Å². The SMILES string of the molecule is CCOc1cccc(/C=N\NC(=O)c2cc(C(C)C)[nH]n2)c1O. The number of phenolic OH excluding ortho intramolecular Hbond substituents is 1. The fourth-order valence-electron chi connectivity index (χ4n) is 1.88. The number of H-pyrrole nitrogens is 1. The molecule has 7 heteroatoms. The number of rotatable bonds is 6. The van der Waals surface area contributed by atoms with Gasteiger partial charge in [0, 0.05) is 11.3 Å². The molecule has 2 aromatic rings. The standard InChI is InChI=1S/C16H20N4O3/c1-4-23-14-7-5-6-11(15(14)21)9-17-20-16(22)13-8-12(10(2)3)18-19-13/h5-10,21H,4H2,1-3H3,(H,18,19)(H,20,22)/b17-9-. The van der Waals surface area contributed by atoms with E-state index in [2.05, 4.69) is 20.7 Å². The number of carbonyl (C=O) groups is 1. The Kier molecular flexibility index (Phi) is 5.35. The molecule has 3 N–H and O–H groups in total. The lowest BCUT2D eigenvalue weighted by atomic mass is 10.1. The van der Waals surface area contributed by atoms with E-state index in [4.69, 9.17) is 4.74 Å². The molecule has 0 saturated carbocycles. The lowest BCUT2D eigenvalue weighted by Gasteiger charge is -2.06. The lowest BCUT2D eigenvalue weighted by molar-refractivity contribution is 0.0950. The number of hydrogen-bond acceptors (Lipinski definition) is 5. The molecular formula is C16H20N4O3. The first kappa shape index (κ1) is 16.5. The summed E-state index contributed by atoms with van der Waals surface area (Å²) in [4.78, 5) is 11.9. The predicted octanol–water partition coefficient (Wildman–Crippen LogP) is 2.40. The first-order chi connectivity index (χ1) is 11.0. The van der Waals surface area contributed by atoms with Crippen molar-refractivity contribution in [2.75, 3.05) is 6.61 Å². The Morgan fingerprint density at radius 3 is 2.96 bits per heavy atom. The highest BCUT2D eigenvalue weighted by molar-refractivity contribution is 5.93. The molecule has 0 aliphatic carbocycles. The molecule has 0 spiro atoms. The highest BCUT2D eigenvalue weighted by atomic mass is 16.5. The van der Waals surface area contributed by atoms with Crippen LogP contribution >= 0.6 is 0 Å². The second kappa shape index (κ2) is 7.44. The monoisotopic (exact) mass is 316 g/mol. The van der Waals surface area contributed by atoms with Crippen molar-refractivity contribution in [1.29, 1.82) is 0 Å². The van der Waals surface area contributed by atoms with Crippen LogP contribution in [0, 0.1) is 0 Å². The zero-order valence-electron chi connectivity index (χ0n) is 13.3. The van der Waals surface area contributed by atoms with Gasteiger partial charge >= 0.3 is 0 Å². The van der Waals surface area contributed by atoms with Crippen LogP contribution in [0.5, 0.6) is 11.5 Å². The van der Waals surface area contributed by atoms with Crippen LogP contribution in [0.25, 0.3) is 0 Å². The summed E-state index contributed by atoms with van der Waals surface area (Å²) in [6.45, 7) is 6.28. The Labute approximate surface area is 134 Å². The second-order valence-corrected chi connectivity index (χ2v) is 5.19. The Bertz CT molecular complexity index is 707. The molecule has 1 heterocycles. The van der Waals surface area contributed by atoms with Gasteiger partial charge in [-0.3, -0.25) is 9.89 Å². The van der Waals surface area contributed by atoms with Gasteiger partial charge in [-0.1, -0.05) is 19.9 Å². The minimum Gasteiger partial charge on any atom is -0.504 e. The number of aromatic amines is 1. The lowest BCUT2D eigenvalue weighted by Crippen LogP contribution is -2.18. The Balaban J connectivity index is 2.03. The molecular weight excluding hydrogens is 296 g/mol. The number of hydrogen-bond donors (Lipinski definition) is 3. The molecule has 0 aliphatic rings. The third kappa shape index (κ3) is 4.09. The van der Waals surface area contributed by atoms with E-state index in [0.29, 0.717) is 17.9 Å². The van der Waals surface area contributed by atoms with Gasteiger partial charge < -0.3 is 9.84 Å². The van der Waals surface area contributed by atoms with Gasteiger partial charge in [-0.2, -0.15) is 10.2 Å². The maximum Gasteiger partial charge on any atom is 0.291 e. The van der Waals surface area contributed by atoms with E-state index >= 15 is 0 Å². The molecule has 122 valence electrons. The van der Waals surface area contributed by atoms with Crippen molar-refractivity contribution in [3.63, 3.8) is 0 Å². The van der Waals surface area contributed by atoms with E-state index in [1.807, 2.05) is 20.8 Å². The number of aromatic nitrogens is 2. The molecule has 7 nitrogen and oxygen atoms in total. The van der Waals surface area contributed by atoms with Gasteiger partial charge in [0.05, 0.1) is 12.8 Å². The summed E-state index contributed by atoms with van der Waals surface area (Å²) in [6, 6.07) is 6.74. The van der Waals surface area contributed by atoms with Gasteiger partial charge in [0.15, 0.2) is 17.2 Å². The van der Waals surface area contributed by atoms with E-state index < -0.39 is 5.91 Å². The highest BCUT2D eigenvalue weighted by Gasteiger charge is 2.11. The average Bonchev–Trinajstić information content (AvgIpc) is 3.01. The van der Waals surface area contributed by atoms with E-state index in [1.165, 1.54) is 6.21 Å². The number of para-hydroxylation sites is 1. The van der Waals surface area contributed by atoms with Crippen LogP contribution in [0.4, 0.5) is 0 Å². The molecule has 1 aromatic heterocycles. The van der Waals surface area contributed by atoms with Crippen molar-refractivity contribution in [1.82, 2.24) is 15.6 Å². The van der Waals surface area contributed by atoms with Crippen molar-refractivity contribution < 1.29 is 14.6 Å². The number of carbonyl (C=O) groups excluding carboxylic acids is 1. The van der Waals surface area contributed by atoms with Crippen LogP contribution in [0.15, 0.2) is 29.4 Å². The molecule has 1 amide bonds. The summed E-state index contributed by atoms with van der Waals surface area (Å²) >= 11 is 0. The maximum absolute atomic E-state index is 11.9. The number of aromatic hydroxyl groups is 1. The molecule has 0 atom stereocenters. The highest BCUT2D eigenvalue weighted by Crippen LogP contribution is 2.28. The fraction of sp³-hybridized carbons (Fsp3) is 0.312. The molecule has 23 heavy (non-hydrogen) atoms. The summed E-state index contributed by atoms with van der Waals surface area (Å²) in [5.41, 5.74) is 3.96. The largest absolute Gasteiger partial charge is 0.504 e. The summed E-state index contributed by atoms with van der Waals surface area (Å²) < 4.78 is 5.29. The molecule has 0 bridgehead atoms. The van der Waals surface area contributed by atoms with Gasteiger partial charge in [0.1, 0.15) is 0 Å². The zero-order valence-corrected chi connectivity index (χ0v) is 13.3. The number of phenols is 1. The molecule has 0 aliphatic heterocycles. The van der Waals surface area contributed by atoms with E-state index in [0.717, 1.165) is 5.69 Å². The van der Waals surface area contributed by atoms with Crippen molar-refractivity contribution in [3.8, 4) is 11.5 Å². The number of ether oxygens (including phenoxy) is 1. The fourth-order valence-corrected chi connectivity index (χ4v) is 1.88. The summed E-state index contributed by atoms with van der Waals surface area (Å²) in [5, 5.41) is 20.6. The number of nitrogens with zero attached hydrogens (tertiary/aromatic N) is 2. The van der Waals surface area contributed by atoms with Crippen LogP contribution < -0.4 is 10.2 Å². The second-order valence-electron chi connectivity index (χ2n) is 5.19. The van der Waals surface area contributed by atoms with Crippen LogP contribution in [-0.4, -0.2) is 34.0 Å². The number of benzene rings is 1. The van der Waals surface area contributed by atoms with E-state index in [9.17, 15) is 9.90 Å². The van der Waals surface area contributed by atoms with Gasteiger partial charge in [-0.05, 0) is 31.0 Å². The maximum atomic E-state index is 11.9. The Morgan fingerprint density at radius 2 is 2.30 bits per heavy atom. The van der Waals surface area contributed by atoms with Gasteiger partial charge in [0.25, 0.3) is 5.91 Å². The Morgan fingerprint density at radius 1 is 1.52 bits per heavy atom. The van der Waals surface area contributed by atoms with Crippen molar-refractivity contribution >= 4 is 12.1 Å². The summed E-state index contributed by atoms with van der Waals surface area (Å²) in [7, 11) is 0. The smallest absolute Gasteiger partial charge is 0.291 e. The molecule has 0 radical (unpaired) electrons. The van der Waals surface area contributed by atoms with Crippen molar-refractivity contribution in [2.24, 2.45) is 5.10 Å². The first-order valence-electron chi connectivity index (χ1n) is 7.36. The molecule has 1 aromatic carbocycles. The molecule has 0 fully saturated rings. The predicted molar refractivity (Wildman–Crippen MR) is 87.0 cm³/mol. The van der Waals surface area contributed by atoms with Crippen molar-refractivity contribution in [3.05, 3.63) is 41.2 Å². The molecule has 2 rings (SSSR count). The van der Waals surface area contributed by atoms with Crippen LogP contribution in [0.2, 0.25) is 0 Å². The third-order valence-corrected chi connectivity index (χ3v) is 3.15. The quantitative estimate of drug-likeness (QED) is 0.563. The minimum absolute atomic E-state index is 0.0192. The normalized spacial score (nSPS) is 11.1. The Hall–Kier alpha value is -2.83. The van der Waals surface area contributed by atoms with Gasteiger partial charge in [-0.15, -0.1) is 0 Å². The van der Waals surface area contributed by atoms with E-state index in [-0.39, 0.29) is 17.4 Å².